The van der Waals surface area contributed by atoms with Gasteiger partial charge in [0.25, 0.3) is 0 Å². The minimum absolute atomic E-state index is 0. The zero-order valence-electron chi connectivity index (χ0n) is 11.0. The molecule has 0 spiro atoms. The molecular formula is AlGdN6O18. The number of hydrogen-bond acceptors (Lipinski definition) is 18. The van der Waals surface area contributed by atoms with Gasteiger partial charge in [-0.2, -0.15) is 0 Å². The van der Waals surface area contributed by atoms with Crippen molar-refractivity contribution in [3.8, 4) is 0 Å². The summed E-state index contributed by atoms with van der Waals surface area (Å²) in [6, 6.07) is 0. The Kier molecular flexibility index (Phi) is 82.1. The molecule has 0 saturated heterocycles. The van der Waals surface area contributed by atoms with E-state index in [0.29, 0.717) is 0 Å². The minimum atomic E-state index is -1.75. The molecule has 0 aliphatic carbocycles. The van der Waals surface area contributed by atoms with Gasteiger partial charge in [0.1, 0.15) is 0 Å². The zero-order valence-corrected chi connectivity index (χ0v) is 14.4. The fourth-order valence-corrected chi connectivity index (χ4v) is 0. The van der Waals surface area contributed by atoms with E-state index < -0.39 is 30.5 Å². The van der Waals surface area contributed by atoms with Gasteiger partial charge in [0.2, 0.25) is 0 Å². The van der Waals surface area contributed by atoms with Gasteiger partial charge < -0.3 is 91.9 Å². The Hall–Kier alpha value is -2.94. The van der Waals surface area contributed by atoms with E-state index in [9.17, 15) is 0 Å². The van der Waals surface area contributed by atoms with Crippen molar-refractivity contribution in [2.75, 3.05) is 0 Å². The second kappa shape index (κ2) is 43.1. The molecule has 0 aromatic rings. The predicted molar refractivity (Wildman–Crippen MR) is 67.9 cm³/mol. The Bertz CT molecular complexity index is 263. The average Bonchev–Trinajstić information content (AvgIpc) is 2.08. The van der Waals surface area contributed by atoms with Gasteiger partial charge in [-0.15, -0.1) is 0 Å². The molecule has 0 unspecified atom stereocenters. The van der Waals surface area contributed by atoms with Gasteiger partial charge in [0.05, 0.1) is 30.5 Å². The smallest absolute Gasteiger partial charge is 0.356 e. The van der Waals surface area contributed by atoms with Crippen molar-refractivity contribution in [1.82, 2.24) is 0 Å². The summed E-state index contributed by atoms with van der Waals surface area (Å²) in [7, 11) is 0. The predicted octanol–water partition coefficient (Wildman–Crippen LogP) is -1.82. The van der Waals surface area contributed by atoms with Gasteiger partial charge in [0, 0.05) is 0 Å². The van der Waals surface area contributed by atoms with Crippen LogP contribution in [0.25, 0.3) is 0 Å². The van der Waals surface area contributed by atoms with Crippen LogP contribution in [-0.2, 0) is 0 Å². The van der Waals surface area contributed by atoms with Crippen LogP contribution < -0.4 is 0 Å². The van der Waals surface area contributed by atoms with Gasteiger partial charge in [0.15, 0.2) is 0 Å². The third-order valence-corrected chi connectivity index (χ3v) is 0. The largest absolute Gasteiger partial charge is 3.00 e. The van der Waals surface area contributed by atoms with Gasteiger partial charge in [-0.05, 0) is 0 Å². The van der Waals surface area contributed by atoms with Crippen molar-refractivity contribution >= 4 is 17.4 Å². The molecule has 0 aromatic carbocycles. The first-order valence-corrected chi connectivity index (χ1v) is 3.29. The second-order valence-electron chi connectivity index (χ2n) is 1.34. The standard InChI is InChI=1S/Al.Gd.6NO3/c;;6*2-1(3)4/q2*+3;6*-1. The van der Waals surface area contributed by atoms with Crippen molar-refractivity contribution in [3.63, 3.8) is 0 Å². The third-order valence-electron chi connectivity index (χ3n) is 0. The molecule has 0 bridgehead atoms. The summed E-state index contributed by atoms with van der Waals surface area (Å²) in [5, 5.41) is 88.5. The third kappa shape index (κ3) is 978. The molecule has 0 saturated carbocycles. The summed E-state index contributed by atoms with van der Waals surface area (Å²) < 4.78 is 0. The maximum atomic E-state index is 8.25. The first-order valence-electron chi connectivity index (χ1n) is 3.29. The molecule has 0 fully saturated rings. The Labute approximate surface area is 179 Å². The summed E-state index contributed by atoms with van der Waals surface area (Å²) in [5.41, 5.74) is 0. The van der Waals surface area contributed by atoms with E-state index in [0.717, 1.165) is 0 Å². The molecule has 0 aromatic heterocycles. The molecule has 24 nitrogen and oxygen atoms in total. The Balaban J connectivity index is -0.0000000245. The van der Waals surface area contributed by atoms with E-state index in [1.807, 2.05) is 0 Å². The van der Waals surface area contributed by atoms with Gasteiger partial charge >= 0.3 is 57.3 Å². The first-order chi connectivity index (χ1) is 10.4. The summed E-state index contributed by atoms with van der Waals surface area (Å²) in [4.78, 5) is 49.5. The van der Waals surface area contributed by atoms with E-state index in [2.05, 4.69) is 0 Å². The molecule has 0 heterocycles. The Morgan fingerprint density at radius 3 is 0.308 bits per heavy atom. The van der Waals surface area contributed by atoms with Crippen LogP contribution in [0, 0.1) is 132 Å². The summed E-state index contributed by atoms with van der Waals surface area (Å²) in [6.45, 7) is 0. The van der Waals surface area contributed by atoms with Crippen molar-refractivity contribution in [2.24, 2.45) is 0 Å². The molecule has 0 atom stereocenters. The molecule has 149 valence electrons. The molecule has 0 aliphatic rings. The van der Waals surface area contributed by atoms with Gasteiger partial charge in [-0.3, -0.25) is 0 Å². The fraction of sp³-hybridized carbons (Fsp3) is 0. The molecule has 26 heteroatoms. The van der Waals surface area contributed by atoms with Crippen LogP contribution >= 0.6 is 0 Å². The van der Waals surface area contributed by atoms with E-state index >= 15 is 0 Å². The Morgan fingerprint density at radius 2 is 0.308 bits per heavy atom. The molecule has 0 amide bonds. The van der Waals surface area contributed by atoms with Crippen molar-refractivity contribution in [1.29, 1.82) is 0 Å². The molecule has 26 heavy (non-hydrogen) atoms. The zero-order chi connectivity index (χ0) is 21.5. The Morgan fingerprint density at radius 1 is 0.308 bits per heavy atom. The maximum absolute atomic E-state index is 8.25. The summed E-state index contributed by atoms with van der Waals surface area (Å²) in [5.74, 6) is 0. The monoisotopic (exact) mass is 557 g/mol. The normalized spacial score (nSPS) is 5.54. The van der Waals surface area contributed by atoms with Crippen LogP contribution in [0.15, 0.2) is 0 Å². The average molecular weight is 556 g/mol. The van der Waals surface area contributed by atoms with Crippen LogP contribution in [0.2, 0.25) is 0 Å². The molecular weight excluding hydrogens is 556 g/mol. The van der Waals surface area contributed by atoms with Crippen LogP contribution in [0.5, 0.6) is 0 Å². The van der Waals surface area contributed by atoms with E-state index in [4.69, 9.17) is 91.9 Å². The van der Waals surface area contributed by atoms with Crippen LogP contribution in [0.4, 0.5) is 0 Å². The first kappa shape index (κ1) is 49.5. The maximum Gasteiger partial charge on any atom is 3.00 e. The molecule has 0 aliphatic heterocycles. The van der Waals surface area contributed by atoms with Gasteiger partial charge in [-0.1, -0.05) is 0 Å². The van der Waals surface area contributed by atoms with E-state index in [1.54, 1.807) is 0 Å². The SMILES string of the molecule is O=[N+]([O-])[O-].O=[N+]([O-])[O-].O=[N+]([O-])[O-].O=[N+]([O-])[O-].O=[N+]([O-])[O-].O=[N+]([O-])[O-].[Al+3].[Gd+3]. The van der Waals surface area contributed by atoms with Gasteiger partial charge in [-0.25, -0.2) is 0 Å². The van der Waals surface area contributed by atoms with Crippen LogP contribution in [0.3, 0.4) is 0 Å². The van der Waals surface area contributed by atoms with Crippen LogP contribution in [0.1, 0.15) is 0 Å². The van der Waals surface area contributed by atoms with E-state index in [1.165, 1.54) is 0 Å². The van der Waals surface area contributed by atoms with Crippen molar-refractivity contribution < 1.29 is 70.5 Å². The summed E-state index contributed by atoms with van der Waals surface area (Å²) >= 11 is 0. The molecule has 1 radical (unpaired) electrons. The fourth-order valence-electron chi connectivity index (χ4n) is 0. The number of rotatable bonds is 0. The molecule has 0 rings (SSSR count). The quantitative estimate of drug-likeness (QED) is 0.180. The summed E-state index contributed by atoms with van der Waals surface area (Å²) in [6.07, 6.45) is 0. The number of hydrogen-bond donors (Lipinski definition) is 0. The van der Waals surface area contributed by atoms with Crippen molar-refractivity contribution in [2.45, 2.75) is 0 Å². The van der Waals surface area contributed by atoms with Crippen molar-refractivity contribution in [3.05, 3.63) is 91.9 Å². The molecule has 0 N–H and O–H groups in total. The van der Waals surface area contributed by atoms with E-state index in [-0.39, 0.29) is 57.3 Å². The number of nitrogens with zero attached hydrogens (tertiary/aromatic N) is 6. The van der Waals surface area contributed by atoms with Crippen LogP contribution in [-0.4, -0.2) is 47.9 Å². The topological polar surface area (TPSA) is 397 Å². The second-order valence-corrected chi connectivity index (χ2v) is 1.34. The minimum Gasteiger partial charge on any atom is -0.356 e.